The lowest BCUT2D eigenvalue weighted by atomic mass is 10.1. The second kappa shape index (κ2) is 9.57. The minimum Gasteiger partial charge on any atom is -0.465 e. The molecular formula is C20H26N2O3. The van der Waals surface area contributed by atoms with Crippen LogP contribution in [0.2, 0.25) is 0 Å². The van der Waals surface area contributed by atoms with Gasteiger partial charge in [0.1, 0.15) is 11.5 Å². The summed E-state index contributed by atoms with van der Waals surface area (Å²) in [6.07, 6.45) is 4.96. The third-order valence-corrected chi connectivity index (χ3v) is 3.88. The van der Waals surface area contributed by atoms with Crippen LogP contribution in [-0.4, -0.2) is 19.6 Å². The summed E-state index contributed by atoms with van der Waals surface area (Å²) in [6, 6.07) is 12.7. The van der Waals surface area contributed by atoms with E-state index in [9.17, 15) is 4.79 Å². The summed E-state index contributed by atoms with van der Waals surface area (Å²) >= 11 is 0. The molecule has 0 spiro atoms. The van der Waals surface area contributed by atoms with Crippen LogP contribution in [-0.2, 0) is 4.74 Å². The van der Waals surface area contributed by atoms with E-state index in [2.05, 4.69) is 12.2 Å². The van der Waals surface area contributed by atoms with Crippen molar-refractivity contribution in [3.05, 3.63) is 48.0 Å². The number of carbonyl (C=O) groups is 1. The number of unbranched alkanes of at least 4 members (excludes halogenated alkanes) is 3. The van der Waals surface area contributed by atoms with Crippen LogP contribution in [0.3, 0.4) is 0 Å². The molecule has 0 saturated heterocycles. The zero-order chi connectivity index (χ0) is 18.1. The van der Waals surface area contributed by atoms with Crippen molar-refractivity contribution in [2.45, 2.75) is 32.6 Å². The fourth-order valence-electron chi connectivity index (χ4n) is 2.45. The van der Waals surface area contributed by atoms with Gasteiger partial charge in [0.05, 0.1) is 12.7 Å². The highest BCUT2D eigenvalue weighted by Gasteiger charge is 2.11. The van der Waals surface area contributed by atoms with Gasteiger partial charge in [0.2, 0.25) is 0 Å². The quantitative estimate of drug-likeness (QED) is 0.387. The highest BCUT2D eigenvalue weighted by atomic mass is 16.5. The van der Waals surface area contributed by atoms with Crippen molar-refractivity contribution in [3.63, 3.8) is 0 Å². The number of hydrogen-bond donors (Lipinski definition) is 2. The molecule has 2 aromatic carbocycles. The van der Waals surface area contributed by atoms with E-state index in [-0.39, 0.29) is 0 Å². The number of rotatable bonds is 9. The van der Waals surface area contributed by atoms with Gasteiger partial charge >= 0.3 is 5.97 Å². The molecule has 134 valence electrons. The Kier molecular flexibility index (Phi) is 7.14. The van der Waals surface area contributed by atoms with Crippen LogP contribution in [0.4, 0.5) is 11.4 Å². The summed E-state index contributed by atoms with van der Waals surface area (Å²) in [5.74, 6) is 0.748. The van der Waals surface area contributed by atoms with Gasteiger partial charge in [-0.1, -0.05) is 26.2 Å². The van der Waals surface area contributed by atoms with Crippen LogP contribution in [0.25, 0.3) is 0 Å². The molecule has 0 bridgehead atoms. The van der Waals surface area contributed by atoms with Gasteiger partial charge in [-0.25, -0.2) is 4.79 Å². The van der Waals surface area contributed by atoms with Crippen LogP contribution in [0.5, 0.6) is 11.5 Å². The average Bonchev–Trinajstić information content (AvgIpc) is 2.64. The number of nitrogens with one attached hydrogen (secondary N) is 1. The summed E-state index contributed by atoms with van der Waals surface area (Å²) in [5, 5.41) is 3.40. The van der Waals surface area contributed by atoms with Crippen molar-refractivity contribution >= 4 is 17.3 Å². The van der Waals surface area contributed by atoms with Crippen molar-refractivity contribution < 1.29 is 14.3 Å². The van der Waals surface area contributed by atoms with Crippen LogP contribution in [0.15, 0.2) is 42.5 Å². The first-order chi connectivity index (χ1) is 12.1. The molecule has 3 N–H and O–H groups in total. The molecule has 2 aromatic rings. The lowest BCUT2D eigenvalue weighted by molar-refractivity contribution is 0.0601. The number of anilines is 2. The molecule has 0 saturated carbocycles. The smallest absolute Gasteiger partial charge is 0.340 e. The maximum Gasteiger partial charge on any atom is 0.340 e. The first-order valence-corrected chi connectivity index (χ1v) is 8.63. The molecule has 0 radical (unpaired) electrons. The Hall–Kier alpha value is -2.69. The molecule has 0 aliphatic carbocycles. The van der Waals surface area contributed by atoms with E-state index in [0.29, 0.717) is 22.7 Å². The minimum absolute atomic E-state index is 0.297. The molecule has 5 heteroatoms. The molecule has 5 nitrogen and oxygen atoms in total. The summed E-state index contributed by atoms with van der Waals surface area (Å²) in [4.78, 5) is 11.7. The molecule has 0 atom stereocenters. The third-order valence-electron chi connectivity index (χ3n) is 3.88. The predicted molar refractivity (Wildman–Crippen MR) is 101 cm³/mol. The van der Waals surface area contributed by atoms with Crippen LogP contribution < -0.4 is 15.8 Å². The second-order valence-electron chi connectivity index (χ2n) is 5.85. The van der Waals surface area contributed by atoms with Gasteiger partial charge in [0.15, 0.2) is 0 Å². The molecule has 25 heavy (non-hydrogen) atoms. The van der Waals surface area contributed by atoms with Crippen molar-refractivity contribution in [2.24, 2.45) is 0 Å². The summed E-state index contributed by atoms with van der Waals surface area (Å²) < 4.78 is 10.5. The third kappa shape index (κ3) is 5.71. The predicted octanol–water partition coefficient (Wildman–Crippen LogP) is 4.84. The zero-order valence-corrected chi connectivity index (χ0v) is 14.9. The van der Waals surface area contributed by atoms with Crippen molar-refractivity contribution in [1.29, 1.82) is 0 Å². The van der Waals surface area contributed by atoms with Crippen molar-refractivity contribution in [1.82, 2.24) is 0 Å². The number of carbonyl (C=O) groups excluding carboxylic acids is 1. The van der Waals surface area contributed by atoms with E-state index >= 15 is 0 Å². The summed E-state index contributed by atoms with van der Waals surface area (Å²) in [5.41, 5.74) is 7.52. The van der Waals surface area contributed by atoms with Gasteiger partial charge in [0.25, 0.3) is 0 Å². The Morgan fingerprint density at radius 2 is 1.76 bits per heavy atom. The average molecular weight is 342 g/mol. The number of nitrogen functional groups attached to an aromatic ring is 1. The topological polar surface area (TPSA) is 73.6 Å². The van der Waals surface area contributed by atoms with Gasteiger partial charge in [-0.05, 0) is 48.9 Å². The molecule has 0 heterocycles. The van der Waals surface area contributed by atoms with E-state index in [1.54, 1.807) is 18.2 Å². The second-order valence-corrected chi connectivity index (χ2v) is 5.85. The Morgan fingerprint density at radius 3 is 2.44 bits per heavy atom. The Labute approximate surface area is 149 Å². The molecule has 0 fully saturated rings. The Bertz CT molecular complexity index is 684. The molecular weight excluding hydrogens is 316 g/mol. The number of methoxy groups -OCH3 is 1. The fraction of sp³-hybridized carbons (Fsp3) is 0.350. The summed E-state index contributed by atoms with van der Waals surface area (Å²) in [7, 11) is 1.32. The van der Waals surface area contributed by atoms with Crippen LogP contribution >= 0.6 is 0 Å². The number of ether oxygens (including phenoxy) is 2. The maximum absolute atomic E-state index is 11.7. The lowest BCUT2D eigenvalue weighted by Gasteiger charge is -2.10. The lowest BCUT2D eigenvalue weighted by Crippen LogP contribution is -2.05. The van der Waals surface area contributed by atoms with Gasteiger partial charge in [-0.2, -0.15) is 0 Å². The molecule has 0 aromatic heterocycles. The fourth-order valence-corrected chi connectivity index (χ4v) is 2.45. The standard InChI is InChI=1S/C20H26N2O3/c1-3-4-5-6-13-22-15-7-9-16(10-8-15)25-17-11-12-19(21)18(14-17)20(23)24-2/h7-12,14,22H,3-6,13,21H2,1-2H3. The van der Waals surface area contributed by atoms with E-state index in [1.165, 1.54) is 32.8 Å². The van der Waals surface area contributed by atoms with Crippen LogP contribution in [0.1, 0.15) is 43.0 Å². The number of benzene rings is 2. The molecule has 0 amide bonds. The minimum atomic E-state index is -0.481. The number of esters is 1. The Balaban J connectivity index is 1.94. The van der Waals surface area contributed by atoms with Gasteiger partial charge < -0.3 is 20.5 Å². The molecule has 0 aliphatic heterocycles. The van der Waals surface area contributed by atoms with Crippen molar-refractivity contribution in [2.75, 3.05) is 24.7 Å². The molecule has 2 rings (SSSR count). The normalized spacial score (nSPS) is 10.3. The van der Waals surface area contributed by atoms with Gasteiger partial charge in [-0.3, -0.25) is 0 Å². The van der Waals surface area contributed by atoms with E-state index in [4.69, 9.17) is 15.2 Å². The number of nitrogens with two attached hydrogens (primary N) is 1. The van der Waals surface area contributed by atoms with E-state index in [1.807, 2.05) is 24.3 Å². The number of hydrogen-bond acceptors (Lipinski definition) is 5. The van der Waals surface area contributed by atoms with Gasteiger partial charge in [-0.15, -0.1) is 0 Å². The largest absolute Gasteiger partial charge is 0.465 e. The Morgan fingerprint density at radius 1 is 1.04 bits per heavy atom. The highest BCUT2D eigenvalue weighted by Crippen LogP contribution is 2.26. The van der Waals surface area contributed by atoms with Gasteiger partial charge in [0, 0.05) is 17.9 Å². The summed E-state index contributed by atoms with van der Waals surface area (Å²) in [6.45, 7) is 3.18. The van der Waals surface area contributed by atoms with Crippen LogP contribution in [0, 0.1) is 0 Å². The maximum atomic E-state index is 11.7. The zero-order valence-electron chi connectivity index (χ0n) is 14.9. The van der Waals surface area contributed by atoms with E-state index < -0.39 is 5.97 Å². The molecule has 0 unspecified atom stereocenters. The van der Waals surface area contributed by atoms with Crippen molar-refractivity contribution in [3.8, 4) is 11.5 Å². The monoisotopic (exact) mass is 342 g/mol. The first kappa shape index (κ1) is 18.6. The highest BCUT2D eigenvalue weighted by molar-refractivity contribution is 5.95. The first-order valence-electron chi connectivity index (χ1n) is 8.63. The molecule has 0 aliphatic rings. The SMILES string of the molecule is CCCCCCNc1ccc(Oc2ccc(N)c(C(=O)OC)c2)cc1. The van der Waals surface area contributed by atoms with E-state index in [0.717, 1.165) is 12.2 Å².